The largest absolute Gasteiger partial charge is 0.397 e. The normalized spacial score (nSPS) is 11.9. The quantitative estimate of drug-likeness (QED) is 0.657. The Morgan fingerprint density at radius 3 is 2.86 bits per heavy atom. The van der Waals surface area contributed by atoms with Crippen LogP contribution in [0.1, 0.15) is 12.5 Å². The summed E-state index contributed by atoms with van der Waals surface area (Å²) >= 11 is 0. The van der Waals surface area contributed by atoms with Crippen LogP contribution in [-0.2, 0) is 0 Å². The zero-order chi connectivity index (χ0) is 10.2. The van der Waals surface area contributed by atoms with E-state index in [4.69, 9.17) is 5.11 Å². The van der Waals surface area contributed by atoms with Crippen LogP contribution in [0.4, 0.5) is 5.69 Å². The van der Waals surface area contributed by atoms with Crippen molar-refractivity contribution >= 4 is 11.9 Å². The maximum Gasteiger partial charge on any atom is 0.0469 e. The molecular weight excluding hydrogens is 176 g/mol. The Labute approximate surface area is 83.8 Å². The maximum absolute atomic E-state index is 7.57. The summed E-state index contributed by atoms with van der Waals surface area (Å²) in [6, 6.07) is 8.05. The van der Waals surface area contributed by atoms with Gasteiger partial charge < -0.3 is 10.4 Å². The molecule has 0 spiro atoms. The van der Waals surface area contributed by atoms with E-state index in [0.717, 1.165) is 11.3 Å². The predicted octanol–water partition coefficient (Wildman–Crippen LogP) is 2.00. The lowest BCUT2D eigenvalue weighted by Crippen LogP contribution is -1.89. The molecule has 0 radical (unpaired) electrons. The number of benzene rings is 1. The zero-order valence-electron chi connectivity index (χ0n) is 8.14. The number of aliphatic imine (C=N–C) groups is 1. The van der Waals surface area contributed by atoms with E-state index < -0.39 is 0 Å². The van der Waals surface area contributed by atoms with E-state index in [1.807, 2.05) is 36.7 Å². The molecule has 0 unspecified atom stereocenters. The molecule has 0 bridgehead atoms. The topological polar surface area (TPSA) is 44.6 Å². The van der Waals surface area contributed by atoms with Gasteiger partial charge in [0.05, 0.1) is 0 Å². The summed E-state index contributed by atoms with van der Waals surface area (Å²) in [5.74, 6) is 0. The van der Waals surface area contributed by atoms with Gasteiger partial charge >= 0.3 is 0 Å². The molecule has 0 saturated carbocycles. The molecule has 1 aromatic carbocycles. The van der Waals surface area contributed by atoms with Gasteiger partial charge in [-0.25, -0.2) is 0 Å². The molecule has 1 aromatic rings. The third kappa shape index (κ3) is 3.03. The first kappa shape index (κ1) is 10.5. The van der Waals surface area contributed by atoms with Gasteiger partial charge in [0.25, 0.3) is 0 Å². The second-order valence-electron chi connectivity index (χ2n) is 2.64. The fraction of sp³-hybridized carbons (Fsp3) is 0.182. The number of anilines is 1. The average Bonchev–Trinajstić information content (AvgIpc) is 2.43. The van der Waals surface area contributed by atoms with E-state index in [-0.39, 0.29) is 6.61 Å². The first-order valence-corrected chi connectivity index (χ1v) is 4.53. The molecule has 1 heterocycles. The molecular formula is C11H14N2O. The Morgan fingerprint density at radius 1 is 1.36 bits per heavy atom. The van der Waals surface area contributed by atoms with Crippen molar-refractivity contribution in [3.8, 4) is 0 Å². The summed E-state index contributed by atoms with van der Waals surface area (Å²) in [7, 11) is 0. The lowest BCUT2D eigenvalue weighted by Gasteiger charge is -2.01. The number of nitrogens with zero attached hydrogens (tertiary/aromatic N) is 1. The van der Waals surface area contributed by atoms with Gasteiger partial charge in [0.2, 0.25) is 0 Å². The van der Waals surface area contributed by atoms with E-state index in [0.29, 0.717) is 0 Å². The highest BCUT2D eigenvalue weighted by Crippen LogP contribution is 2.13. The third-order valence-electron chi connectivity index (χ3n) is 1.57. The highest BCUT2D eigenvalue weighted by Gasteiger charge is 1.96. The van der Waals surface area contributed by atoms with Crippen LogP contribution in [-0.4, -0.2) is 17.9 Å². The molecule has 0 atom stereocenters. The van der Waals surface area contributed by atoms with E-state index in [1.54, 1.807) is 13.1 Å². The summed E-state index contributed by atoms with van der Waals surface area (Å²) in [6.45, 7) is 1.93. The number of aliphatic hydroxyl groups excluding tert-OH is 1. The van der Waals surface area contributed by atoms with Crippen molar-refractivity contribution in [2.24, 2.45) is 4.99 Å². The van der Waals surface area contributed by atoms with E-state index >= 15 is 0 Å². The lowest BCUT2D eigenvalue weighted by atomic mass is 10.2. The molecule has 0 amide bonds. The Hall–Kier alpha value is -1.61. The van der Waals surface area contributed by atoms with Gasteiger partial charge in [-0.1, -0.05) is 18.2 Å². The van der Waals surface area contributed by atoms with Crippen LogP contribution in [0.2, 0.25) is 0 Å². The van der Waals surface area contributed by atoms with Crippen molar-refractivity contribution in [3.63, 3.8) is 0 Å². The molecule has 2 rings (SSSR count). The number of hydrogen-bond donors (Lipinski definition) is 2. The number of nitrogens with one attached hydrogen (secondary N) is 1. The van der Waals surface area contributed by atoms with Crippen LogP contribution < -0.4 is 5.32 Å². The minimum absolute atomic E-state index is 0.250. The van der Waals surface area contributed by atoms with Gasteiger partial charge in [-0.3, -0.25) is 4.99 Å². The molecule has 0 aliphatic carbocycles. The molecule has 1 aliphatic rings. The van der Waals surface area contributed by atoms with E-state index in [9.17, 15) is 0 Å². The summed E-state index contributed by atoms with van der Waals surface area (Å²) in [4.78, 5) is 4.04. The molecule has 3 heteroatoms. The molecule has 2 N–H and O–H groups in total. The van der Waals surface area contributed by atoms with Gasteiger partial charge in [-0.05, 0) is 13.0 Å². The van der Waals surface area contributed by atoms with Crippen molar-refractivity contribution in [2.45, 2.75) is 6.92 Å². The fourth-order valence-corrected chi connectivity index (χ4v) is 1.03. The highest BCUT2D eigenvalue weighted by molar-refractivity contribution is 5.88. The van der Waals surface area contributed by atoms with Crippen molar-refractivity contribution in [3.05, 3.63) is 42.2 Å². The first-order chi connectivity index (χ1) is 6.88. The Kier molecular flexibility index (Phi) is 4.44. The Balaban J connectivity index is 0.000000293. The summed E-state index contributed by atoms with van der Waals surface area (Å²) in [5, 5.41) is 10.7. The second-order valence-corrected chi connectivity index (χ2v) is 2.64. The number of para-hydroxylation sites is 1. The minimum atomic E-state index is 0.250. The van der Waals surface area contributed by atoms with Gasteiger partial charge in [0.1, 0.15) is 0 Å². The van der Waals surface area contributed by atoms with Crippen molar-refractivity contribution in [1.29, 1.82) is 0 Å². The van der Waals surface area contributed by atoms with Crippen molar-refractivity contribution in [1.82, 2.24) is 0 Å². The Morgan fingerprint density at radius 2 is 2.07 bits per heavy atom. The van der Waals surface area contributed by atoms with Crippen molar-refractivity contribution < 1.29 is 5.11 Å². The Bertz CT molecular complexity index is 332. The molecule has 14 heavy (non-hydrogen) atoms. The van der Waals surface area contributed by atoms with E-state index in [1.165, 1.54) is 0 Å². The SMILES string of the molecule is C1=CNc2ccccc2C=N1.CCO. The molecule has 74 valence electrons. The zero-order valence-corrected chi connectivity index (χ0v) is 8.14. The molecule has 3 nitrogen and oxygen atoms in total. The van der Waals surface area contributed by atoms with Gasteiger partial charge in [0, 0.05) is 36.5 Å². The molecule has 0 saturated heterocycles. The lowest BCUT2D eigenvalue weighted by molar-refractivity contribution is 0.318. The second kappa shape index (κ2) is 5.94. The standard InChI is InChI=1S/C9H8N2.C2H6O/c1-2-4-9-8(3-1)7-10-5-6-11-9;1-2-3/h1-7,11H;3H,2H2,1H3. The maximum atomic E-state index is 7.57. The summed E-state index contributed by atoms with van der Waals surface area (Å²) < 4.78 is 0. The average molecular weight is 190 g/mol. The van der Waals surface area contributed by atoms with Crippen LogP contribution in [0.5, 0.6) is 0 Å². The molecule has 0 fully saturated rings. The van der Waals surface area contributed by atoms with Gasteiger partial charge in [0.15, 0.2) is 0 Å². The third-order valence-corrected chi connectivity index (χ3v) is 1.57. The van der Waals surface area contributed by atoms with Crippen LogP contribution in [0.25, 0.3) is 0 Å². The minimum Gasteiger partial charge on any atom is -0.397 e. The smallest absolute Gasteiger partial charge is 0.0469 e. The summed E-state index contributed by atoms with van der Waals surface area (Å²) in [5.41, 5.74) is 2.22. The summed E-state index contributed by atoms with van der Waals surface area (Å²) in [6.07, 6.45) is 5.40. The van der Waals surface area contributed by atoms with Gasteiger partial charge in [-0.15, -0.1) is 0 Å². The van der Waals surface area contributed by atoms with Crippen LogP contribution in [0.15, 0.2) is 41.7 Å². The van der Waals surface area contributed by atoms with Crippen LogP contribution in [0.3, 0.4) is 0 Å². The number of fused-ring (bicyclic) bond motifs is 1. The fourth-order valence-electron chi connectivity index (χ4n) is 1.03. The number of rotatable bonds is 0. The van der Waals surface area contributed by atoms with Crippen molar-refractivity contribution in [2.75, 3.05) is 11.9 Å². The van der Waals surface area contributed by atoms with E-state index in [2.05, 4.69) is 10.3 Å². The van der Waals surface area contributed by atoms with Gasteiger partial charge in [-0.2, -0.15) is 0 Å². The molecule has 0 aromatic heterocycles. The highest BCUT2D eigenvalue weighted by atomic mass is 16.2. The molecule has 1 aliphatic heterocycles. The van der Waals surface area contributed by atoms with Crippen LogP contribution in [0, 0.1) is 0 Å². The first-order valence-electron chi connectivity index (χ1n) is 4.53. The number of aliphatic hydroxyl groups is 1. The predicted molar refractivity (Wildman–Crippen MR) is 59.6 cm³/mol. The number of hydrogen-bond acceptors (Lipinski definition) is 3. The van der Waals surface area contributed by atoms with Crippen LogP contribution >= 0.6 is 0 Å². The monoisotopic (exact) mass is 190 g/mol.